The van der Waals surface area contributed by atoms with Crippen molar-refractivity contribution in [1.82, 2.24) is 10.3 Å². The van der Waals surface area contributed by atoms with Gasteiger partial charge in [-0.2, -0.15) is 0 Å². The first-order valence-electron chi connectivity index (χ1n) is 10.4. The van der Waals surface area contributed by atoms with E-state index in [-0.39, 0.29) is 5.91 Å². The van der Waals surface area contributed by atoms with Crippen molar-refractivity contribution in [3.8, 4) is 16.9 Å². The van der Waals surface area contributed by atoms with Gasteiger partial charge in [0.1, 0.15) is 18.2 Å². The molecule has 0 saturated carbocycles. The van der Waals surface area contributed by atoms with E-state index in [1.165, 1.54) is 0 Å². The molecule has 1 saturated heterocycles. The number of pyridine rings is 1. The summed E-state index contributed by atoms with van der Waals surface area (Å²) in [5.41, 5.74) is 3.52. The first-order valence-corrected chi connectivity index (χ1v) is 10.4. The number of carbonyl (C=O) groups is 1. The van der Waals surface area contributed by atoms with E-state index in [1.54, 1.807) is 11.1 Å². The molecule has 6 heteroatoms. The number of nitrogens with zero attached hydrogens (tertiary/aromatic N) is 3. The Balaban J connectivity index is 1.40. The van der Waals surface area contributed by atoms with Gasteiger partial charge in [-0.25, -0.2) is 4.98 Å². The van der Waals surface area contributed by atoms with Gasteiger partial charge in [0.05, 0.1) is 24.0 Å². The molecule has 1 fully saturated rings. The zero-order valence-electron chi connectivity index (χ0n) is 16.8. The van der Waals surface area contributed by atoms with Gasteiger partial charge in [0.15, 0.2) is 0 Å². The second-order valence-corrected chi connectivity index (χ2v) is 7.49. The number of aromatic nitrogens is 1. The van der Waals surface area contributed by atoms with Crippen LogP contribution in [0.5, 0.6) is 5.75 Å². The van der Waals surface area contributed by atoms with E-state index in [1.807, 2.05) is 48.5 Å². The highest BCUT2D eigenvalue weighted by Crippen LogP contribution is 2.31. The lowest BCUT2D eigenvalue weighted by Crippen LogP contribution is -2.43. The monoisotopic (exact) mass is 400 g/mol. The third-order valence-electron chi connectivity index (χ3n) is 5.62. The number of carbonyl (C=O) groups excluding carboxylic acids is 1. The molecule has 0 atom stereocenters. The third kappa shape index (κ3) is 3.62. The van der Waals surface area contributed by atoms with Gasteiger partial charge in [-0.05, 0) is 35.4 Å². The molecule has 0 aliphatic carbocycles. The van der Waals surface area contributed by atoms with Crippen molar-refractivity contribution in [2.24, 2.45) is 0 Å². The highest BCUT2D eigenvalue weighted by atomic mass is 16.5. The Bertz CT molecular complexity index is 1030. The van der Waals surface area contributed by atoms with Crippen LogP contribution in [0, 0.1) is 0 Å². The Labute approximate surface area is 176 Å². The molecule has 1 aromatic heterocycles. The normalized spacial score (nSPS) is 16.6. The summed E-state index contributed by atoms with van der Waals surface area (Å²) < 4.78 is 5.95. The van der Waals surface area contributed by atoms with Crippen LogP contribution in [-0.2, 0) is 0 Å². The van der Waals surface area contributed by atoms with Crippen LogP contribution < -0.4 is 19.9 Å². The molecule has 3 aromatic rings. The molecule has 2 aromatic carbocycles. The van der Waals surface area contributed by atoms with Crippen molar-refractivity contribution in [2.75, 3.05) is 49.1 Å². The molecule has 0 bridgehead atoms. The van der Waals surface area contributed by atoms with Crippen LogP contribution in [0.4, 0.5) is 11.5 Å². The predicted octanol–water partition coefficient (Wildman–Crippen LogP) is 3.20. The largest absolute Gasteiger partial charge is 0.491 e. The average Bonchev–Trinajstić information content (AvgIpc) is 2.99. The molecule has 0 spiro atoms. The summed E-state index contributed by atoms with van der Waals surface area (Å²) in [5.74, 6) is 1.53. The zero-order chi connectivity index (χ0) is 20.3. The van der Waals surface area contributed by atoms with E-state index in [2.05, 4.69) is 27.3 Å². The molecule has 0 unspecified atom stereocenters. The molecule has 2 aliphatic heterocycles. The number of rotatable bonds is 3. The van der Waals surface area contributed by atoms with Crippen molar-refractivity contribution in [1.29, 1.82) is 0 Å². The summed E-state index contributed by atoms with van der Waals surface area (Å²) in [6, 6.07) is 19.9. The smallest absolute Gasteiger partial charge is 0.262 e. The minimum atomic E-state index is -0.0566. The number of amides is 1. The Hall–Kier alpha value is -3.38. The summed E-state index contributed by atoms with van der Waals surface area (Å²) in [5, 5.41) is 3.35. The number of nitrogens with one attached hydrogen (secondary N) is 1. The summed E-state index contributed by atoms with van der Waals surface area (Å²) in [6.45, 7) is 4.75. The van der Waals surface area contributed by atoms with Crippen molar-refractivity contribution < 1.29 is 9.53 Å². The van der Waals surface area contributed by atoms with Crippen molar-refractivity contribution in [3.05, 3.63) is 72.4 Å². The van der Waals surface area contributed by atoms with Crippen molar-refractivity contribution in [2.45, 2.75) is 0 Å². The lowest BCUT2D eigenvalue weighted by atomic mass is 10.0. The standard InChI is InChI=1S/C24H24N4O2/c29-24-21-8-6-19(18-4-2-1-3-5-18)16-22(21)30-15-14-28(24)20-7-9-23(26-17-20)27-12-10-25-11-13-27/h1-9,16-17,25H,10-15H2. The minimum absolute atomic E-state index is 0.0566. The fourth-order valence-electron chi connectivity index (χ4n) is 3.99. The van der Waals surface area contributed by atoms with Gasteiger partial charge < -0.3 is 19.9 Å². The fraction of sp³-hybridized carbons (Fsp3) is 0.250. The summed E-state index contributed by atoms with van der Waals surface area (Å²) >= 11 is 0. The molecule has 1 amide bonds. The molecule has 152 valence electrons. The first-order chi connectivity index (χ1) is 14.8. The maximum absolute atomic E-state index is 13.3. The van der Waals surface area contributed by atoms with Crippen LogP contribution in [-0.4, -0.2) is 50.2 Å². The SMILES string of the molecule is O=C1c2ccc(-c3ccccc3)cc2OCCN1c1ccc(N2CCNCC2)nc1. The second-order valence-electron chi connectivity index (χ2n) is 7.49. The molecule has 6 nitrogen and oxygen atoms in total. The Morgan fingerprint density at radius 1 is 0.900 bits per heavy atom. The topological polar surface area (TPSA) is 57.7 Å². The Morgan fingerprint density at radius 3 is 2.50 bits per heavy atom. The van der Waals surface area contributed by atoms with E-state index in [4.69, 9.17) is 4.74 Å². The maximum atomic E-state index is 13.3. The number of ether oxygens (including phenoxy) is 1. The molecule has 3 heterocycles. The van der Waals surface area contributed by atoms with Crippen LogP contribution in [0.15, 0.2) is 66.9 Å². The maximum Gasteiger partial charge on any atom is 0.262 e. The van der Waals surface area contributed by atoms with Gasteiger partial charge in [0.2, 0.25) is 0 Å². The van der Waals surface area contributed by atoms with Gasteiger partial charge in [-0.15, -0.1) is 0 Å². The van der Waals surface area contributed by atoms with E-state index in [9.17, 15) is 4.79 Å². The first kappa shape index (κ1) is 18.6. The highest BCUT2D eigenvalue weighted by molar-refractivity contribution is 6.08. The van der Waals surface area contributed by atoms with Crippen molar-refractivity contribution in [3.63, 3.8) is 0 Å². The Morgan fingerprint density at radius 2 is 1.73 bits per heavy atom. The van der Waals surface area contributed by atoms with Gasteiger partial charge in [0, 0.05) is 26.2 Å². The number of hydrogen-bond acceptors (Lipinski definition) is 5. The number of fused-ring (bicyclic) bond motifs is 1. The lowest BCUT2D eigenvalue weighted by molar-refractivity contribution is 0.0990. The lowest BCUT2D eigenvalue weighted by Gasteiger charge is -2.29. The van der Waals surface area contributed by atoms with Gasteiger partial charge in [-0.1, -0.05) is 36.4 Å². The minimum Gasteiger partial charge on any atom is -0.491 e. The average molecular weight is 400 g/mol. The predicted molar refractivity (Wildman–Crippen MR) is 118 cm³/mol. The van der Waals surface area contributed by atoms with Gasteiger partial charge in [0.25, 0.3) is 5.91 Å². The number of anilines is 2. The molecule has 1 N–H and O–H groups in total. The van der Waals surface area contributed by atoms with Crippen LogP contribution >= 0.6 is 0 Å². The molecular formula is C24H24N4O2. The summed E-state index contributed by atoms with van der Waals surface area (Å²) in [6.07, 6.45) is 1.79. The van der Waals surface area contributed by atoms with Gasteiger partial charge in [-0.3, -0.25) is 4.79 Å². The zero-order valence-corrected chi connectivity index (χ0v) is 16.8. The summed E-state index contributed by atoms with van der Waals surface area (Å²) in [7, 11) is 0. The van der Waals surface area contributed by atoms with Crippen molar-refractivity contribution >= 4 is 17.4 Å². The molecule has 2 aliphatic rings. The molecular weight excluding hydrogens is 376 g/mol. The van der Waals surface area contributed by atoms with E-state index >= 15 is 0 Å². The van der Waals surface area contributed by atoms with Crippen LogP contribution in [0.25, 0.3) is 11.1 Å². The van der Waals surface area contributed by atoms with Crippen LogP contribution in [0.1, 0.15) is 10.4 Å². The van der Waals surface area contributed by atoms with E-state index in [0.717, 1.165) is 48.8 Å². The molecule has 30 heavy (non-hydrogen) atoms. The van der Waals surface area contributed by atoms with E-state index < -0.39 is 0 Å². The second kappa shape index (κ2) is 8.16. The highest BCUT2D eigenvalue weighted by Gasteiger charge is 2.25. The quantitative estimate of drug-likeness (QED) is 0.732. The number of benzene rings is 2. The number of hydrogen-bond donors (Lipinski definition) is 1. The third-order valence-corrected chi connectivity index (χ3v) is 5.62. The van der Waals surface area contributed by atoms with Crippen LogP contribution in [0.2, 0.25) is 0 Å². The summed E-state index contributed by atoms with van der Waals surface area (Å²) in [4.78, 5) is 21.9. The fourth-order valence-corrected chi connectivity index (χ4v) is 3.99. The Kier molecular flexibility index (Phi) is 5.07. The van der Waals surface area contributed by atoms with Crippen LogP contribution in [0.3, 0.4) is 0 Å². The van der Waals surface area contributed by atoms with E-state index in [0.29, 0.717) is 24.5 Å². The van der Waals surface area contributed by atoms with Gasteiger partial charge >= 0.3 is 0 Å². The number of piperazine rings is 1. The molecule has 0 radical (unpaired) electrons. The molecule has 5 rings (SSSR count).